The zero-order valence-electron chi connectivity index (χ0n) is 13.7. The summed E-state index contributed by atoms with van der Waals surface area (Å²) in [5, 5.41) is 3.93. The highest BCUT2D eigenvalue weighted by atomic mass is 19.3. The van der Waals surface area contributed by atoms with E-state index in [1.165, 1.54) is 12.3 Å². The third-order valence-corrected chi connectivity index (χ3v) is 3.40. The first-order valence-corrected chi connectivity index (χ1v) is 7.70. The van der Waals surface area contributed by atoms with Gasteiger partial charge < -0.3 is 9.26 Å². The first-order valence-electron chi connectivity index (χ1n) is 7.70. The molecule has 0 aliphatic heterocycles. The first-order chi connectivity index (χ1) is 12.0. The standard InChI is InChI=1S/C17H16F2N4O2/c1-10(2)13-4-3-12(8-21-13)16-22-17(25-23-16)11-5-6-20-15(7-11)24-9-14(18)19/h3-8,10,14H,9H2,1-2H3. The van der Waals surface area contributed by atoms with Crippen LogP contribution in [0.4, 0.5) is 8.78 Å². The SMILES string of the molecule is CC(C)c1ccc(-c2noc(-c3ccnc(OCC(F)F)c3)n2)cn1. The molecule has 0 atom stereocenters. The zero-order chi connectivity index (χ0) is 17.8. The van der Waals surface area contributed by atoms with Gasteiger partial charge in [-0.1, -0.05) is 19.0 Å². The Bertz CT molecular complexity index is 835. The van der Waals surface area contributed by atoms with E-state index in [-0.39, 0.29) is 11.8 Å². The quantitative estimate of drug-likeness (QED) is 0.672. The van der Waals surface area contributed by atoms with Gasteiger partial charge in [0, 0.05) is 35.3 Å². The Morgan fingerprint density at radius 1 is 1.12 bits per heavy atom. The van der Waals surface area contributed by atoms with Crippen LogP contribution < -0.4 is 4.74 Å². The predicted octanol–water partition coefficient (Wildman–Crippen LogP) is 3.96. The monoisotopic (exact) mass is 346 g/mol. The summed E-state index contributed by atoms with van der Waals surface area (Å²) in [4.78, 5) is 12.6. The Morgan fingerprint density at radius 3 is 2.64 bits per heavy atom. The summed E-state index contributed by atoms with van der Waals surface area (Å²) < 4.78 is 34.6. The fourth-order valence-corrected chi connectivity index (χ4v) is 2.11. The van der Waals surface area contributed by atoms with Crippen LogP contribution in [0, 0.1) is 0 Å². The summed E-state index contributed by atoms with van der Waals surface area (Å²) in [6.07, 6.45) is 0.550. The molecule has 3 aromatic rings. The molecule has 0 spiro atoms. The van der Waals surface area contributed by atoms with Crippen molar-refractivity contribution in [1.82, 2.24) is 20.1 Å². The minimum atomic E-state index is -2.57. The highest BCUT2D eigenvalue weighted by Crippen LogP contribution is 2.24. The van der Waals surface area contributed by atoms with Gasteiger partial charge in [-0.15, -0.1) is 0 Å². The van der Waals surface area contributed by atoms with E-state index in [0.29, 0.717) is 17.3 Å². The largest absolute Gasteiger partial charge is 0.472 e. The molecule has 3 aromatic heterocycles. The second-order valence-corrected chi connectivity index (χ2v) is 5.63. The number of nitrogens with zero attached hydrogens (tertiary/aromatic N) is 4. The van der Waals surface area contributed by atoms with Crippen LogP contribution in [0.5, 0.6) is 5.88 Å². The number of halogens is 2. The molecular weight excluding hydrogens is 330 g/mol. The molecular formula is C17H16F2N4O2. The molecule has 0 radical (unpaired) electrons. The molecule has 0 N–H and O–H groups in total. The number of aromatic nitrogens is 4. The van der Waals surface area contributed by atoms with Crippen LogP contribution in [0.15, 0.2) is 41.2 Å². The lowest BCUT2D eigenvalue weighted by atomic mass is 10.1. The Morgan fingerprint density at radius 2 is 1.96 bits per heavy atom. The first kappa shape index (κ1) is 16.9. The van der Waals surface area contributed by atoms with Crippen molar-refractivity contribution in [2.45, 2.75) is 26.2 Å². The fraction of sp³-hybridized carbons (Fsp3) is 0.294. The van der Waals surface area contributed by atoms with E-state index in [4.69, 9.17) is 9.26 Å². The Kier molecular flexibility index (Phi) is 4.97. The highest BCUT2D eigenvalue weighted by molar-refractivity contribution is 5.59. The minimum Gasteiger partial charge on any atom is -0.472 e. The number of hydrogen-bond acceptors (Lipinski definition) is 6. The summed E-state index contributed by atoms with van der Waals surface area (Å²) in [5.74, 6) is 1.04. The Balaban J connectivity index is 1.80. The molecule has 0 amide bonds. The van der Waals surface area contributed by atoms with Crippen LogP contribution >= 0.6 is 0 Å². The van der Waals surface area contributed by atoms with Crippen molar-refractivity contribution >= 4 is 0 Å². The van der Waals surface area contributed by atoms with Crippen molar-refractivity contribution in [3.05, 3.63) is 42.4 Å². The molecule has 6 nitrogen and oxygen atoms in total. The minimum absolute atomic E-state index is 0.0699. The van der Waals surface area contributed by atoms with Crippen LogP contribution in [0.1, 0.15) is 25.5 Å². The molecule has 25 heavy (non-hydrogen) atoms. The smallest absolute Gasteiger partial charge is 0.272 e. The van der Waals surface area contributed by atoms with E-state index < -0.39 is 13.0 Å². The number of pyridine rings is 2. The van der Waals surface area contributed by atoms with Crippen LogP contribution in [0.2, 0.25) is 0 Å². The predicted molar refractivity (Wildman–Crippen MR) is 86.3 cm³/mol. The third kappa shape index (κ3) is 4.14. The molecule has 130 valence electrons. The van der Waals surface area contributed by atoms with Gasteiger partial charge in [-0.3, -0.25) is 4.98 Å². The van der Waals surface area contributed by atoms with Gasteiger partial charge in [0.25, 0.3) is 12.3 Å². The van der Waals surface area contributed by atoms with Gasteiger partial charge in [0.2, 0.25) is 11.7 Å². The van der Waals surface area contributed by atoms with Crippen molar-refractivity contribution in [2.24, 2.45) is 0 Å². The molecule has 0 saturated heterocycles. The van der Waals surface area contributed by atoms with Crippen LogP contribution in [0.25, 0.3) is 22.8 Å². The summed E-state index contributed by atoms with van der Waals surface area (Å²) in [5.41, 5.74) is 2.23. The van der Waals surface area contributed by atoms with Crippen molar-refractivity contribution in [3.8, 4) is 28.7 Å². The maximum absolute atomic E-state index is 12.2. The van der Waals surface area contributed by atoms with Gasteiger partial charge in [-0.25, -0.2) is 13.8 Å². The summed E-state index contributed by atoms with van der Waals surface area (Å²) in [6, 6.07) is 6.89. The molecule has 0 bridgehead atoms. The highest BCUT2D eigenvalue weighted by Gasteiger charge is 2.13. The molecule has 0 saturated carbocycles. The molecule has 8 heteroatoms. The second kappa shape index (κ2) is 7.33. The van der Waals surface area contributed by atoms with Crippen LogP contribution in [0.3, 0.4) is 0 Å². The summed E-state index contributed by atoms with van der Waals surface area (Å²) in [6.45, 7) is 3.40. The van der Waals surface area contributed by atoms with Gasteiger partial charge in [0.1, 0.15) is 0 Å². The Hall–Kier alpha value is -2.90. The van der Waals surface area contributed by atoms with Gasteiger partial charge in [-0.2, -0.15) is 4.98 Å². The Labute approximate surface area is 142 Å². The zero-order valence-corrected chi connectivity index (χ0v) is 13.7. The van der Waals surface area contributed by atoms with E-state index in [1.807, 2.05) is 12.1 Å². The summed E-state index contributed by atoms with van der Waals surface area (Å²) in [7, 11) is 0. The number of rotatable bonds is 6. The number of ether oxygens (including phenoxy) is 1. The molecule has 0 fully saturated rings. The van der Waals surface area contributed by atoms with Gasteiger partial charge >= 0.3 is 0 Å². The molecule has 3 heterocycles. The molecule has 0 aliphatic rings. The van der Waals surface area contributed by atoms with Crippen molar-refractivity contribution in [3.63, 3.8) is 0 Å². The van der Waals surface area contributed by atoms with Gasteiger partial charge in [0.05, 0.1) is 0 Å². The molecule has 0 unspecified atom stereocenters. The maximum Gasteiger partial charge on any atom is 0.272 e. The second-order valence-electron chi connectivity index (χ2n) is 5.63. The van der Waals surface area contributed by atoms with Gasteiger partial charge in [0.15, 0.2) is 6.61 Å². The normalized spacial score (nSPS) is 11.3. The molecule has 3 rings (SSSR count). The average Bonchev–Trinajstić information content (AvgIpc) is 3.10. The number of alkyl halides is 2. The summed E-state index contributed by atoms with van der Waals surface area (Å²) >= 11 is 0. The topological polar surface area (TPSA) is 73.9 Å². The van der Waals surface area contributed by atoms with E-state index in [9.17, 15) is 8.78 Å². The average molecular weight is 346 g/mol. The molecule has 0 aliphatic carbocycles. The van der Waals surface area contributed by atoms with E-state index in [1.54, 1.807) is 12.3 Å². The fourth-order valence-electron chi connectivity index (χ4n) is 2.11. The van der Waals surface area contributed by atoms with Crippen molar-refractivity contribution in [2.75, 3.05) is 6.61 Å². The van der Waals surface area contributed by atoms with Crippen LogP contribution in [-0.4, -0.2) is 33.1 Å². The van der Waals surface area contributed by atoms with E-state index >= 15 is 0 Å². The maximum atomic E-state index is 12.2. The number of hydrogen-bond donors (Lipinski definition) is 0. The lowest BCUT2D eigenvalue weighted by Gasteiger charge is -2.04. The van der Waals surface area contributed by atoms with Gasteiger partial charge in [-0.05, 0) is 24.1 Å². The van der Waals surface area contributed by atoms with E-state index in [2.05, 4.69) is 34.0 Å². The lowest BCUT2D eigenvalue weighted by molar-refractivity contribution is 0.0796. The van der Waals surface area contributed by atoms with E-state index in [0.717, 1.165) is 11.3 Å². The molecule has 0 aromatic carbocycles. The van der Waals surface area contributed by atoms with Crippen molar-refractivity contribution < 1.29 is 18.0 Å². The third-order valence-electron chi connectivity index (χ3n) is 3.40. The van der Waals surface area contributed by atoms with Crippen LogP contribution in [-0.2, 0) is 0 Å². The van der Waals surface area contributed by atoms with Crippen molar-refractivity contribution in [1.29, 1.82) is 0 Å². The lowest BCUT2D eigenvalue weighted by Crippen LogP contribution is -2.07.